The summed E-state index contributed by atoms with van der Waals surface area (Å²) in [4.78, 5) is 21.9. The molecule has 0 aliphatic carbocycles. The maximum atomic E-state index is 12.1. The minimum atomic E-state index is -4.07. The van der Waals surface area contributed by atoms with Crippen molar-refractivity contribution in [2.45, 2.75) is 31.2 Å². The van der Waals surface area contributed by atoms with Gasteiger partial charge in [-0.1, -0.05) is 6.07 Å². The summed E-state index contributed by atoms with van der Waals surface area (Å²) in [7, 11) is -4.07. The highest BCUT2D eigenvalue weighted by Gasteiger charge is 2.33. The molecule has 1 rings (SSSR count). The molecule has 0 unspecified atom stereocenters. The van der Waals surface area contributed by atoms with Gasteiger partial charge in [-0.25, -0.2) is 8.42 Å². The normalized spacial score (nSPS) is 12.2. The van der Waals surface area contributed by atoms with E-state index in [2.05, 4.69) is 4.72 Å². The molecule has 4 N–H and O–H groups in total. The van der Waals surface area contributed by atoms with Gasteiger partial charge in [0.15, 0.2) is 0 Å². The van der Waals surface area contributed by atoms with Gasteiger partial charge in [-0.2, -0.15) is 4.72 Å². The van der Waals surface area contributed by atoms with Gasteiger partial charge in [0.05, 0.1) is 4.90 Å². The first-order valence-electron chi connectivity index (χ1n) is 5.65. The number of nitrogens with two attached hydrogens (primary N) is 1. The number of carboxylic acid groups (broad SMARTS) is 1. The van der Waals surface area contributed by atoms with Gasteiger partial charge in [-0.15, -0.1) is 0 Å². The molecule has 0 bridgehead atoms. The minimum Gasteiger partial charge on any atom is -0.480 e. The molecule has 1 amide bonds. The number of hydrogen-bond acceptors (Lipinski definition) is 4. The number of nitrogens with one attached hydrogen (secondary N) is 1. The van der Waals surface area contributed by atoms with Gasteiger partial charge in [0, 0.05) is 5.56 Å². The Morgan fingerprint density at radius 2 is 1.85 bits per heavy atom. The van der Waals surface area contributed by atoms with Gasteiger partial charge in [-0.3, -0.25) is 9.59 Å². The van der Waals surface area contributed by atoms with Crippen LogP contribution < -0.4 is 10.5 Å². The molecule has 7 nitrogen and oxygen atoms in total. The monoisotopic (exact) mass is 300 g/mol. The zero-order valence-corrected chi connectivity index (χ0v) is 12.1. The van der Waals surface area contributed by atoms with Crippen LogP contribution in [0, 0.1) is 6.92 Å². The van der Waals surface area contributed by atoms with Crippen molar-refractivity contribution in [2.75, 3.05) is 0 Å². The van der Waals surface area contributed by atoms with Crippen LogP contribution in [0.3, 0.4) is 0 Å². The molecule has 0 atom stereocenters. The average Bonchev–Trinajstić information content (AvgIpc) is 2.27. The highest BCUT2D eigenvalue weighted by Crippen LogP contribution is 2.17. The summed E-state index contributed by atoms with van der Waals surface area (Å²) >= 11 is 0. The van der Waals surface area contributed by atoms with Gasteiger partial charge in [0.25, 0.3) is 0 Å². The second kappa shape index (κ2) is 5.22. The molecule has 0 aromatic heterocycles. The number of carboxylic acids is 1. The summed E-state index contributed by atoms with van der Waals surface area (Å²) in [6.45, 7) is 4.05. The Kier molecular flexibility index (Phi) is 4.21. The molecular formula is C12H16N2O5S. The van der Waals surface area contributed by atoms with Gasteiger partial charge >= 0.3 is 5.97 Å². The largest absolute Gasteiger partial charge is 0.480 e. The lowest BCUT2D eigenvalue weighted by atomic mass is 10.1. The van der Waals surface area contributed by atoms with Crippen LogP contribution in [0.4, 0.5) is 0 Å². The Morgan fingerprint density at radius 1 is 1.30 bits per heavy atom. The van der Waals surface area contributed by atoms with E-state index in [1.165, 1.54) is 26.0 Å². The van der Waals surface area contributed by atoms with Crippen molar-refractivity contribution in [3.05, 3.63) is 29.3 Å². The van der Waals surface area contributed by atoms with Crippen LogP contribution in [0.1, 0.15) is 29.8 Å². The Bertz CT molecular complexity index is 664. The van der Waals surface area contributed by atoms with E-state index in [9.17, 15) is 18.0 Å². The van der Waals surface area contributed by atoms with Crippen molar-refractivity contribution in [2.24, 2.45) is 5.73 Å². The number of carbonyl (C=O) groups excluding carboxylic acids is 1. The predicted molar refractivity (Wildman–Crippen MR) is 71.7 cm³/mol. The summed E-state index contributed by atoms with van der Waals surface area (Å²) in [5.74, 6) is -2.07. The zero-order chi connectivity index (χ0) is 15.7. The molecule has 8 heteroatoms. The molecule has 0 saturated carbocycles. The van der Waals surface area contributed by atoms with E-state index in [0.29, 0.717) is 5.56 Å². The first kappa shape index (κ1) is 16.1. The van der Waals surface area contributed by atoms with Crippen LogP contribution in [-0.2, 0) is 14.8 Å². The number of aryl methyl sites for hydroxylation is 1. The average molecular weight is 300 g/mol. The van der Waals surface area contributed by atoms with Crippen LogP contribution >= 0.6 is 0 Å². The number of amides is 1. The summed E-state index contributed by atoms with van der Waals surface area (Å²) in [5, 5.41) is 8.94. The Balaban J connectivity index is 3.27. The fraction of sp³-hybridized carbons (Fsp3) is 0.333. The standard InChI is InChI=1S/C12H16N2O5S/c1-7-4-5-8(6-9(7)10(13)15)20(18,19)14-12(2,3)11(16)17/h4-6,14H,1-3H3,(H2,13,15)(H,16,17). The molecule has 0 fully saturated rings. The number of rotatable bonds is 5. The van der Waals surface area contributed by atoms with E-state index in [1.54, 1.807) is 6.92 Å². The number of hydrogen-bond donors (Lipinski definition) is 3. The molecule has 110 valence electrons. The van der Waals surface area contributed by atoms with Crippen molar-refractivity contribution in [1.29, 1.82) is 0 Å². The summed E-state index contributed by atoms with van der Waals surface area (Å²) < 4.78 is 26.3. The summed E-state index contributed by atoms with van der Waals surface area (Å²) in [5.41, 5.74) is 4.09. The van der Waals surface area contributed by atoms with Crippen molar-refractivity contribution in [3.63, 3.8) is 0 Å². The summed E-state index contributed by atoms with van der Waals surface area (Å²) in [6.07, 6.45) is 0. The third-order valence-electron chi connectivity index (χ3n) is 2.71. The van der Waals surface area contributed by atoms with Gasteiger partial charge in [0.2, 0.25) is 15.9 Å². The van der Waals surface area contributed by atoms with Crippen LogP contribution in [0.15, 0.2) is 23.1 Å². The minimum absolute atomic E-state index is 0.0704. The highest BCUT2D eigenvalue weighted by molar-refractivity contribution is 7.89. The molecule has 0 spiro atoms. The molecule has 0 heterocycles. The molecule has 1 aromatic rings. The number of carbonyl (C=O) groups is 2. The van der Waals surface area contributed by atoms with Crippen molar-refractivity contribution >= 4 is 21.9 Å². The predicted octanol–water partition coefficient (Wildman–Crippen LogP) is 0.235. The number of primary amides is 1. The van der Waals surface area contributed by atoms with Crippen molar-refractivity contribution in [1.82, 2.24) is 4.72 Å². The highest BCUT2D eigenvalue weighted by atomic mass is 32.2. The lowest BCUT2D eigenvalue weighted by Crippen LogP contribution is -2.49. The topological polar surface area (TPSA) is 127 Å². The van der Waals surface area contributed by atoms with E-state index >= 15 is 0 Å². The zero-order valence-electron chi connectivity index (χ0n) is 11.3. The SMILES string of the molecule is Cc1ccc(S(=O)(=O)NC(C)(C)C(=O)O)cc1C(N)=O. The molecule has 0 saturated heterocycles. The summed E-state index contributed by atoms with van der Waals surface area (Å²) in [6, 6.07) is 3.84. The van der Waals surface area contributed by atoms with Gasteiger partial charge in [0.1, 0.15) is 5.54 Å². The Labute approximate surface area is 116 Å². The smallest absolute Gasteiger partial charge is 0.324 e. The van der Waals surface area contributed by atoms with E-state index in [0.717, 1.165) is 6.07 Å². The molecule has 20 heavy (non-hydrogen) atoms. The van der Waals surface area contributed by atoms with Crippen molar-refractivity contribution in [3.8, 4) is 0 Å². The Hall–Kier alpha value is -1.93. The lowest BCUT2D eigenvalue weighted by Gasteiger charge is -2.21. The third kappa shape index (κ3) is 3.34. The number of benzene rings is 1. The molecular weight excluding hydrogens is 284 g/mol. The van der Waals surface area contributed by atoms with Crippen LogP contribution in [-0.4, -0.2) is 30.9 Å². The van der Waals surface area contributed by atoms with E-state index in [-0.39, 0.29) is 10.5 Å². The molecule has 0 aliphatic rings. The fourth-order valence-corrected chi connectivity index (χ4v) is 2.87. The van der Waals surface area contributed by atoms with Crippen LogP contribution in [0.5, 0.6) is 0 Å². The quantitative estimate of drug-likeness (QED) is 0.717. The molecule has 0 radical (unpaired) electrons. The first-order valence-corrected chi connectivity index (χ1v) is 7.13. The maximum absolute atomic E-state index is 12.1. The molecule has 0 aliphatic heterocycles. The first-order chi connectivity index (χ1) is 8.97. The van der Waals surface area contributed by atoms with E-state index in [4.69, 9.17) is 10.8 Å². The third-order valence-corrected chi connectivity index (χ3v) is 4.36. The lowest BCUT2D eigenvalue weighted by molar-refractivity contribution is -0.142. The number of sulfonamides is 1. The maximum Gasteiger partial charge on any atom is 0.324 e. The van der Waals surface area contributed by atoms with E-state index < -0.39 is 27.4 Å². The second-order valence-electron chi connectivity index (χ2n) is 4.88. The van der Waals surface area contributed by atoms with Gasteiger partial charge < -0.3 is 10.8 Å². The van der Waals surface area contributed by atoms with Gasteiger partial charge in [-0.05, 0) is 38.5 Å². The second-order valence-corrected chi connectivity index (χ2v) is 6.56. The molecule has 1 aromatic carbocycles. The van der Waals surface area contributed by atoms with Crippen LogP contribution in [0.2, 0.25) is 0 Å². The Morgan fingerprint density at radius 3 is 2.30 bits per heavy atom. The number of aliphatic carboxylic acids is 1. The fourth-order valence-electron chi connectivity index (χ4n) is 1.47. The van der Waals surface area contributed by atoms with Crippen LogP contribution in [0.25, 0.3) is 0 Å². The van der Waals surface area contributed by atoms with E-state index in [1.807, 2.05) is 0 Å². The van der Waals surface area contributed by atoms with Crippen molar-refractivity contribution < 1.29 is 23.1 Å².